The highest BCUT2D eigenvalue weighted by Gasteiger charge is 2.38. The Labute approximate surface area is 107 Å². The second-order valence-electron chi connectivity index (χ2n) is 4.07. The molecule has 2 heterocycles. The Kier molecular flexibility index (Phi) is 2.91. The van der Waals surface area contributed by atoms with E-state index < -0.39 is 15.9 Å². The van der Waals surface area contributed by atoms with E-state index in [0.717, 1.165) is 6.20 Å². The summed E-state index contributed by atoms with van der Waals surface area (Å²) in [6, 6.07) is -0.157. The third kappa shape index (κ3) is 1.93. The molecular weight excluding hydrogens is 267 g/mol. The van der Waals surface area contributed by atoms with Crippen LogP contribution in [0.15, 0.2) is 11.0 Å². The van der Waals surface area contributed by atoms with E-state index in [9.17, 15) is 9.59 Å². The number of carboxylic acid groups (broad SMARTS) is 1. The highest BCUT2D eigenvalue weighted by Crippen LogP contribution is 2.42. The molecule has 1 unspecified atom stereocenters. The van der Waals surface area contributed by atoms with Gasteiger partial charge >= 0.3 is 5.97 Å². The first kappa shape index (κ1) is 12.4. The first-order valence-corrected chi connectivity index (χ1v) is 5.83. The third-order valence-corrected chi connectivity index (χ3v) is 3.58. The quantitative estimate of drug-likeness (QED) is 0.796. The number of hydrogen-bond donors (Lipinski definition) is 1. The maximum absolute atomic E-state index is 12.0. The summed E-state index contributed by atoms with van der Waals surface area (Å²) in [4.78, 5) is 26.8. The van der Waals surface area contributed by atoms with E-state index in [2.05, 4.69) is 4.98 Å². The fourth-order valence-electron chi connectivity index (χ4n) is 1.93. The van der Waals surface area contributed by atoms with Crippen LogP contribution in [0.2, 0.25) is 0 Å². The number of rotatable bonds is 1. The lowest BCUT2D eigenvalue weighted by atomic mass is 10.0. The molecular formula is C10H10Cl2N2O3. The zero-order valence-corrected chi connectivity index (χ0v) is 10.5. The largest absolute Gasteiger partial charge is 0.477 e. The summed E-state index contributed by atoms with van der Waals surface area (Å²) in [7, 11) is 0. The number of aromatic carboxylic acids is 1. The summed E-state index contributed by atoms with van der Waals surface area (Å²) in [6.45, 7) is 1.81. The van der Waals surface area contributed by atoms with Crippen molar-refractivity contribution in [1.29, 1.82) is 0 Å². The number of hydrogen-bond acceptors (Lipinski definition) is 3. The van der Waals surface area contributed by atoms with E-state index >= 15 is 0 Å². The Bertz CT molecular complexity index is 539. The van der Waals surface area contributed by atoms with E-state index in [1.165, 1.54) is 4.57 Å². The van der Waals surface area contributed by atoms with Gasteiger partial charge in [-0.2, -0.15) is 0 Å². The monoisotopic (exact) mass is 276 g/mol. The molecule has 1 N–H and O–H groups in total. The van der Waals surface area contributed by atoms with Gasteiger partial charge in [0.25, 0.3) is 5.56 Å². The molecule has 1 aliphatic heterocycles. The van der Waals surface area contributed by atoms with E-state index in [1.54, 1.807) is 6.92 Å². The highest BCUT2D eigenvalue weighted by atomic mass is 35.5. The number of alkyl halides is 2. The van der Waals surface area contributed by atoms with Crippen LogP contribution in [-0.4, -0.2) is 20.6 Å². The predicted molar refractivity (Wildman–Crippen MR) is 62.8 cm³/mol. The van der Waals surface area contributed by atoms with E-state index in [4.69, 9.17) is 28.3 Å². The first-order chi connectivity index (χ1) is 7.84. The molecule has 0 spiro atoms. The summed E-state index contributed by atoms with van der Waals surface area (Å²) in [6.07, 6.45) is 2.09. The summed E-state index contributed by atoms with van der Waals surface area (Å²) >= 11 is 12.1. The zero-order chi connectivity index (χ0) is 12.8. The van der Waals surface area contributed by atoms with E-state index in [1.807, 2.05) is 0 Å². The van der Waals surface area contributed by atoms with Gasteiger partial charge in [0.05, 0.1) is 0 Å². The van der Waals surface area contributed by atoms with Crippen LogP contribution in [0.4, 0.5) is 0 Å². The number of halogens is 2. The number of nitrogens with zero attached hydrogens (tertiary/aromatic N) is 2. The van der Waals surface area contributed by atoms with Crippen LogP contribution in [0.3, 0.4) is 0 Å². The van der Waals surface area contributed by atoms with E-state index in [0.29, 0.717) is 12.8 Å². The van der Waals surface area contributed by atoms with Crippen LogP contribution in [0, 0.1) is 0 Å². The molecule has 0 bridgehead atoms. The topological polar surface area (TPSA) is 72.2 Å². The first-order valence-electron chi connectivity index (χ1n) is 5.07. The molecule has 1 aliphatic rings. The highest BCUT2D eigenvalue weighted by molar-refractivity contribution is 6.47. The third-order valence-electron chi connectivity index (χ3n) is 2.87. The average molecular weight is 277 g/mol. The van der Waals surface area contributed by atoms with Crippen molar-refractivity contribution in [3.05, 3.63) is 27.9 Å². The van der Waals surface area contributed by atoms with Crippen LogP contribution in [0.5, 0.6) is 0 Å². The van der Waals surface area contributed by atoms with Gasteiger partial charge in [-0.3, -0.25) is 9.36 Å². The van der Waals surface area contributed by atoms with Crippen LogP contribution < -0.4 is 5.56 Å². The number of fused-ring (bicyclic) bond motifs is 1. The fourth-order valence-corrected chi connectivity index (χ4v) is 2.42. The number of aromatic nitrogens is 2. The average Bonchev–Trinajstić information content (AvgIpc) is 2.23. The molecule has 0 radical (unpaired) electrons. The van der Waals surface area contributed by atoms with Crippen molar-refractivity contribution in [2.24, 2.45) is 0 Å². The van der Waals surface area contributed by atoms with Crippen molar-refractivity contribution >= 4 is 29.2 Å². The minimum absolute atomic E-state index is 0.157. The van der Waals surface area contributed by atoms with Crippen molar-refractivity contribution in [3.63, 3.8) is 0 Å². The van der Waals surface area contributed by atoms with Crippen molar-refractivity contribution in [1.82, 2.24) is 9.55 Å². The van der Waals surface area contributed by atoms with Crippen LogP contribution >= 0.6 is 23.2 Å². The van der Waals surface area contributed by atoms with E-state index in [-0.39, 0.29) is 17.4 Å². The standard InChI is InChI=1S/C10H10Cl2N2O3/c1-5-2-3-10(11,12)9-13-4-6(8(16)17)7(15)14(5)9/h4-5H,2-3H2,1H3,(H,16,17). The molecule has 92 valence electrons. The predicted octanol–water partition coefficient (Wildman–Crippen LogP) is 1.93. The summed E-state index contributed by atoms with van der Waals surface area (Å²) < 4.78 is 0.0374. The van der Waals surface area contributed by atoms with Gasteiger partial charge in [0.15, 0.2) is 4.33 Å². The molecule has 0 fully saturated rings. The molecule has 0 saturated heterocycles. The van der Waals surface area contributed by atoms with Gasteiger partial charge in [0.1, 0.15) is 11.4 Å². The maximum Gasteiger partial charge on any atom is 0.342 e. The molecule has 0 aromatic carbocycles. The number of carboxylic acids is 1. The molecule has 5 nitrogen and oxygen atoms in total. The SMILES string of the molecule is CC1CCC(Cl)(Cl)c2ncc(C(=O)O)c(=O)n21. The zero-order valence-electron chi connectivity index (χ0n) is 8.98. The molecule has 7 heteroatoms. The lowest BCUT2D eigenvalue weighted by Crippen LogP contribution is -2.39. The molecule has 1 aromatic rings. The molecule has 0 saturated carbocycles. The Morgan fingerprint density at radius 1 is 1.65 bits per heavy atom. The molecule has 0 amide bonds. The van der Waals surface area contributed by atoms with Gasteiger partial charge in [-0.15, -0.1) is 0 Å². The van der Waals surface area contributed by atoms with Gasteiger partial charge in [-0.05, 0) is 19.8 Å². The molecule has 17 heavy (non-hydrogen) atoms. The van der Waals surface area contributed by atoms with Crippen molar-refractivity contribution < 1.29 is 9.90 Å². The minimum Gasteiger partial charge on any atom is -0.477 e. The minimum atomic E-state index is -1.30. The summed E-state index contributed by atoms with van der Waals surface area (Å²) in [5, 5.41) is 8.86. The fraction of sp³-hybridized carbons (Fsp3) is 0.500. The van der Waals surface area contributed by atoms with Crippen LogP contribution in [-0.2, 0) is 4.33 Å². The van der Waals surface area contributed by atoms with Gasteiger partial charge in [0, 0.05) is 12.2 Å². The van der Waals surface area contributed by atoms with Gasteiger partial charge in [-0.1, -0.05) is 23.2 Å². The van der Waals surface area contributed by atoms with Crippen molar-refractivity contribution in [3.8, 4) is 0 Å². The maximum atomic E-state index is 12.0. The Balaban J connectivity index is 2.73. The Morgan fingerprint density at radius 3 is 2.88 bits per heavy atom. The molecule has 0 aliphatic carbocycles. The lowest BCUT2D eigenvalue weighted by Gasteiger charge is -2.32. The van der Waals surface area contributed by atoms with Crippen LogP contribution in [0.25, 0.3) is 0 Å². The summed E-state index contributed by atoms with van der Waals surface area (Å²) in [5.74, 6) is -1.08. The van der Waals surface area contributed by atoms with Crippen molar-refractivity contribution in [2.45, 2.75) is 30.1 Å². The molecule has 1 atom stereocenters. The van der Waals surface area contributed by atoms with Gasteiger partial charge in [0.2, 0.25) is 0 Å². The van der Waals surface area contributed by atoms with Crippen molar-refractivity contribution in [2.75, 3.05) is 0 Å². The molecule has 2 rings (SSSR count). The number of carbonyl (C=O) groups is 1. The lowest BCUT2D eigenvalue weighted by molar-refractivity contribution is 0.0693. The van der Waals surface area contributed by atoms with Crippen LogP contribution in [0.1, 0.15) is 42.0 Å². The van der Waals surface area contributed by atoms with Gasteiger partial charge in [-0.25, -0.2) is 9.78 Å². The summed E-state index contributed by atoms with van der Waals surface area (Å²) in [5.41, 5.74) is -0.980. The van der Waals surface area contributed by atoms with Gasteiger partial charge < -0.3 is 5.11 Å². The second-order valence-corrected chi connectivity index (χ2v) is 5.55. The second kappa shape index (κ2) is 3.99. The Morgan fingerprint density at radius 2 is 2.29 bits per heavy atom. The smallest absolute Gasteiger partial charge is 0.342 e. The molecule has 1 aromatic heterocycles. The Hall–Kier alpha value is -1.07. The normalized spacial score (nSPS) is 21.9.